The molecule has 2 heterocycles. The van der Waals surface area contributed by atoms with E-state index in [1.165, 1.54) is 0 Å². The fraction of sp³-hybridized carbons (Fsp3) is 0.158. The Morgan fingerprint density at radius 3 is 2.58 bits per heavy atom. The van der Waals surface area contributed by atoms with Gasteiger partial charge >= 0.3 is 5.76 Å². The van der Waals surface area contributed by atoms with Crippen molar-refractivity contribution in [2.45, 2.75) is 20.4 Å². The second-order valence-corrected chi connectivity index (χ2v) is 5.82. The van der Waals surface area contributed by atoms with Crippen molar-refractivity contribution in [1.29, 1.82) is 0 Å². The highest BCUT2D eigenvalue weighted by atomic mass is 16.5. The molecule has 5 heteroatoms. The monoisotopic (exact) mass is 320 g/mol. The minimum absolute atomic E-state index is 0.357. The van der Waals surface area contributed by atoms with Crippen LogP contribution in [0.3, 0.4) is 0 Å². The van der Waals surface area contributed by atoms with Crippen LogP contribution in [0.1, 0.15) is 17.0 Å². The first-order valence-corrected chi connectivity index (χ1v) is 7.74. The Kier molecular flexibility index (Phi) is 3.34. The van der Waals surface area contributed by atoms with Crippen molar-refractivity contribution >= 4 is 11.1 Å². The molecule has 2 aromatic heterocycles. The van der Waals surface area contributed by atoms with Crippen LogP contribution in [0, 0.1) is 13.8 Å². The van der Waals surface area contributed by atoms with Gasteiger partial charge in [0.2, 0.25) is 0 Å². The average Bonchev–Trinajstić information content (AvgIpc) is 3.08. The first-order chi connectivity index (χ1) is 11.6. The van der Waals surface area contributed by atoms with Crippen LogP contribution in [0.5, 0.6) is 0 Å². The molecular formula is C19H16N2O3. The lowest BCUT2D eigenvalue weighted by Crippen LogP contribution is -2.14. The molecule has 0 bridgehead atoms. The number of hydrogen-bond acceptors (Lipinski definition) is 4. The highest BCUT2D eigenvalue weighted by molar-refractivity contribution is 5.81. The van der Waals surface area contributed by atoms with Crippen molar-refractivity contribution in [3.63, 3.8) is 0 Å². The lowest BCUT2D eigenvalue weighted by molar-refractivity contribution is 0.393. The fourth-order valence-electron chi connectivity index (χ4n) is 3.03. The van der Waals surface area contributed by atoms with Crippen LogP contribution < -0.4 is 5.76 Å². The minimum Gasteiger partial charge on any atom is -0.408 e. The van der Waals surface area contributed by atoms with Crippen LogP contribution in [0.25, 0.3) is 22.2 Å². The number of hydrogen-bond donors (Lipinski definition) is 0. The van der Waals surface area contributed by atoms with E-state index in [1.807, 2.05) is 62.4 Å². The normalized spacial score (nSPS) is 11.2. The number of aryl methyl sites for hydroxylation is 2. The Balaban J connectivity index is 1.87. The van der Waals surface area contributed by atoms with Gasteiger partial charge in [0.25, 0.3) is 0 Å². The summed E-state index contributed by atoms with van der Waals surface area (Å²) < 4.78 is 12.3. The van der Waals surface area contributed by atoms with Gasteiger partial charge in [-0.3, -0.25) is 4.57 Å². The molecule has 0 aliphatic rings. The molecule has 0 radical (unpaired) electrons. The van der Waals surface area contributed by atoms with Gasteiger partial charge in [-0.05, 0) is 37.1 Å². The number of oxazole rings is 1. The molecule has 4 rings (SSSR count). The van der Waals surface area contributed by atoms with Gasteiger partial charge in [-0.25, -0.2) is 4.79 Å². The van der Waals surface area contributed by atoms with Crippen LogP contribution >= 0.6 is 0 Å². The molecule has 0 spiro atoms. The van der Waals surface area contributed by atoms with E-state index in [4.69, 9.17) is 8.94 Å². The number of benzene rings is 2. The number of fused-ring (bicyclic) bond motifs is 1. The molecule has 0 fully saturated rings. The second-order valence-electron chi connectivity index (χ2n) is 5.82. The van der Waals surface area contributed by atoms with Crippen molar-refractivity contribution in [1.82, 2.24) is 9.72 Å². The van der Waals surface area contributed by atoms with Gasteiger partial charge in [0, 0.05) is 5.56 Å². The van der Waals surface area contributed by atoms with E-state index >= 15 is 0 Å². The molecule has 2 aromatic carbocycles. The lowest BCUT2D eigenvalue weighted by atomic mass is 10.0. The van der Waals surface area contributed by atoms with Gasteiger partial charge < -0.3 is 8.94 Å². The molecule has 0 atom stereocenters. The van der Waals surface area contributed by atoms with Gasteiger partial charge in [0.05, 0.1) is 17.8 Å². The Labute approximate surface area is 138 Å². The molecule has 0 saturated carbocycles. The quantitative estimate of drug-likeness (QED) is 0.574. The predicted molar refractivity (Wildman–Crippen MR) is 91.0 cm³/mol. The molecule has 4 aromatic rings. The minimum atomic E-state index is -0.357. The van der Waals surface area contributed by atoms with E-state index in [-0.39, 0.29) is 5.76 Å². The lowest BCUT2D eigenvalue weighted by Gasteiger charge is -2.04. The van der Waals surface area contributed by atoms with Gasteiger partial charge in [0.15, 0.2) is 5.58 Å². The first-order valence-electron chi connectivity index (χ1n) is 7.74. The molecule has 120 valence electrons. The standard InChI is InChI=1S/C19H16N2O3/c1-12-18(13(2)24-20-12)15-8-9-17-16(10-15)21(19(22)23-17)11-14-6-4-3-5-7-14/h3-10H,11H2,1-2H3. The summed E-state index contributed by atoms with van der Waals surface area (Å²) in [6, 6.07) is 15.5. The van der Waals surface area contributed by atoms with Gasteiger partial charge in [0.1, 0.15) is 5.76 Å². The maximum atomic E-state index is 12.2. The molecule has 0 aliphatic carbocycles. The van der Waals surface area contributed by atoms with Crippen LogP contribution in [0.2, 0.25) is 0 Å². The molecule has 5 nitrogen and oxygen atoms in total. The summed E-state index contributed by atoms with van der Waals surface area (Å²) in [5.41, 5.74) is 5.13. The maximum Gasteiger partial charge on any atom is 0.420 e. The molecule has 24 heavy (non-hydrogen) atoms. The van der Waals surface area contributed by atoms with Gasteiger partial charge in [-0.15, -0.1) is 0 Å². The molecule has 0 aliphatic heterocycles. The fourth-order valence-corrected chi connectivity index (χ4v) is 3.03. The van der Waals surface area contributed by atoms with Crippen molar-refractivity contribution in [3.8, 4) is 11.1 Å². The SMILES string of the molecule is Cc1noc(C)c1-c1ccc2oc(=O)n(Cc3ccccc3)c2c1. The molecule has 0 unspecified atom stereocenters. The van der Waals surface area contributed by atoms with E-state index in [9.17, 15) is 4.79 Å². The third kappa shape index (κ3) is 2.34. The smallest absolute Gasteiger partial charge is 0.408 e. The Hall–Kier alpha value is -3.08. The number of nitrogens with zero attached hydrogens (tertiary/aromatic N) is 2. The third-order valence-corrected chi connectivity index (χ3v) is 4.17. The average molecular weight is 320 g/mol. The maximum absolute atomic E-state index is 12.2. The zero-order chi connectivity index (χ0) is 16.7. The predicted octanol–water partition coefficient (Wildman–Crippen LogP) is 3.91. The van der Waals surface area contributed by atoms with Gasteiger partial charge in [-0.2, -0.15) is 0 Å². The summed E-state index contributed by atoms with van der Waals surface area (Å²) in [7, 11) is 0. The van der Waals surface area contributed by atoms with Crippen molar-refractivity contribution in [2.75, 3.05) is 0 Å². The molecule has 0 N–H and O–H groups in total. The zero-order valence-electron chi connectivity index (χ0n) is 13.4. The van der Waals surface area contributed by atoms with E-state index < -0.39 is 0 Å². The summed E-state index contributed by atoms with van der Waals surface area (Å²) in [4.78, 5) is 12.2. The number of aromatic nitrogens is 2. The summed E-state index contributed by atoms with van der Waals surface area (Å²) in [5.74, 6) is 0.400. The first kappa shape index (κ1) is 14.5. The van der Waals surface area contributed by atoms with Crippen LogP contribution in [0.4, 0.5) is 0 Å². The van der Waals surface area contributed by atoms with Crippen LogP contribution in [-0.2, 0) is 6.54 Å². The highest BCUT2D eigenvalue weighted by Crippen LogP contribution is 2.29. The Bertz CT molecular complexity index is 1050. The van der Waals surface area contributed by atoms with Crippen molar-refractivity contribution < 1.29 is 8.94 Å². The molecule has 0 saturated heterocycles. The summed E-state index contributed by atoms with van der Waals surface area (Å²) in [5, 5.41) is 4.00. The Morgan fingerprint density at radius 1 is 1.08 bits per heavy atom. The highest BCUT2D eigenvalue weighted by Gasteiger charge is 2.15. The zero-order valence-corrected chi connectivity index (χ0v) is 13.4. The van der Waals surface area contributed by atoms with Crippen LogP contribution in [-0.4, -0.2) is 9.72 Å². The van der Waals surface area contributed by atoms with E-state index in [0.29, 0.717) is 12.1 Å². The summed E-state index contributed by atoms with van der Waals surface area (Å²) in [6.07, 6.45) is 0. The van der Waals surface area contributed by atoms with Crippen LogP contribution in [0.15, 0.2) is 62.3 Å². The largest absolute Gasteiger partial charge is 0.420 e. The second kappa shape index (κ2) is 5.53. The van der Waals surface area contributed by atoms with Crippen molar-refractivity contribution in [3.05, 3.63) is 76.1 Å². The van der Waals surface area contributed by atoms with E-state index in [1.54, 1.807) is 4.57 Å². The van der Waals surface area contributed by atoms with E-state index in [2.05, 4.69) is 5.16 Å². The van der Waals surface area contributed by atoms with Crippen molar-refractivity contribution in [2.24, 2.45) is 0 Å². The number of rotatable bonds is 3. The summed E-state index contributed by atoms with van der Waals surface area (Å²) >= 11 is 0. The van der Waals surface area contributed by atoms with E-state index in [0.717, 1.165) is 33.7 Å². The summed E-state index contributed by atoms with van der Waals surface area (Å²) in [6.45, 7) is 4.26. The Morgan fingerprint density at radius 2 is 1.88 bits per heavy atom. The molecular weight excluding hydrogens is 304 g/mol. The topological polar surface area (TPSA) is 61.2 Å². The van der Waals surface area contributed by atoms with Gasteiger partial charge in [-0.1, -0.05) is 41.6 Å². The molecule has 0 amide bonds. The third-order valence-electron chi connectivity index (χ3n) is 4.17.